The molecule has 0 amide bonds. The fourth-order valence-electron chi connectivity index (χ4n) is 4.29. The molecule has 19 heavy (non-hydrogen) atoms. The molecule has 0 unspecified atom stereocenters. The highest BCUT2D eigenvalue weighted by Crippen LogP contribution is 2.61. The summed E-state index contributed by atoms with van der Waals surface area (Å²) in [4.78, 5) is 0. The third-order valence-electron chi connectivity index (χ3n) is 5.19. The maximum atomic E-state index is 2.35. The fourth-order valence-corrected chi connectivity index (χ4v) is 4.29. The second kappa shape index (κ2) is 3.96. The van der Waals surface area contributed by atoms with E-state index in [0.29, 0.717) is 5.92 Å². The SMILES string of the molecule is CCCCCC1(C2C3=CC=C2C=C3)C2=CC=C1C=C2. The Balaban J connectivity index is 1.72. The Morgan fingerprint density at radius 2 is 1.47 bits per heavy atom. The lowest BCUT2D eigenvalue weighted by Crippen LogP contribution is -2.30. The molecule has 0 aromatic rings. The van der Waals surface area contributed by atoms with Gasteiger partial charge in [0.05, 0.1) is 0 Å². The molecule has 0 fully saturated rings. The van der Waals surface area contributed by atoms with Crippen LogP contribution in [0.1, 0.15) is 32.6 Å². The largest absolute Gasteiger partial charge is 0.0654 e. The maximum absolute atomic E-state index is 2.35. The van der Waals surface area contributed by atoms with Crippen LogP contribution in [0.2, 0.25) is 0 Å². The van der Waals surface area contributed by atoms with E-state index in [1.54, 1.807) is 11.1 Å². The van der Waals surface area contributed by atoms with Gasteiger partial charge < -0.3 is 0 Å². The lowest BCUT2D eigenvalue weighted by molar-refractivity contribution is 0.337. The van der Waals surface area contributed by atoms with Gasteiger partial charge in [-0.25, -0.2) is 0 Å². The second-order valence-corrected chi connectivity index (χ2v) is 6.11. The molecule has 0 aromatic carbocycles. The van der Waals surface area contributed by atoms with Crippen molar-refractivity contribution >= 4 is 0 Å². The van der Waals surface area contributed by atoms with Crippen molar-refractivity contribution in [1.29, 1.82) is 0 Å². The molecule has 0 N–H and O–H groups in total. The van der Waals surface area contributed by atoms with E-state index in [4.69, 9.17) is 0 Å². The highest BCUT2D eigenvalue weighted by atomic mass is 14.5. The lowest BCUT2D eigenvalue weighted by Gasteiger charge is -2.37. The summed E-state index contributed by atoms with van der Waals surface area (Å²) in [6.45, 7) is 2.29. The summed E-state index contributed by atoms with van der Waals surface area (Å²) in [7, 11) is 0. The Morgan fingerprint density at radius 3 is 1.95 bits per heavy atom. The van der Waals surface area contributed by atoms with Crippen molar-refractivity contribution in [3.05, 3.63) is 70.9 Å². The summed E-state index contributed by atoms with van der Waals surface area (Å²) >= 11 is 0. The van der Waals surface area contributed by atoms with Gasteiger partial charge in [0.25, 0.3) is 0 Å². The van der Waals surface area contributed by atoms with Crippen LogP contribution in [0.4, 0.5) is 0 Å². The normalized spacial score (nSPS) is 24.9. The third-order valence-corrected chi connectivity index (χ3v) is 5.19. The molecule has 0 nitrogen and oxygen atoms in total. The van der Waals surface area contributed by atoms with Gasteiger partial charge in [0.15, 0.2) is 0 Å². The molecule has 0 atom stereocenters. The topological polar surface area (TPSA) is 0 Å². The van der Waals surface area contributed by atoms with Crippen molar-refractivity contribution in [2.24, 2.45) is 11.3 Å². The Morgan fingerprint density at radius 1 is 0.842 bits per heavy atom. The van der Waals surface area contributed by atoms with Crippen LogP contribution in [-0.4, -0.2) is 0 Å². The van der Waals surface area contributed by atoms with Gasteiger partial charge in [-0.15, -0.1) is 0 Å². The number of allylic oxidation sites excluding steroid dienone is 12. The molecule has 0 aromatic heterocycles. The molecule has 4 bridgehead atoms. The quantitative estimate of drug-likeness (QED) is 0.598. The van der Waals surface area contributed by atoms with E-state index in [-0.39, 0.29) is 5.41 Å². The smallest absolute Gasteiger partial charge is 0.0311 e. The number of rotatable bonds is 5. The molecular formula is C19H20. The van der Waals surface area contributed by atoms with Crippen LogP contribution in [0.3, 0.4) is 0 Å². The number of hydrogen-bond acceptors (Lipinski definition) is 0. The molecule has 96 valence electrons. The maximum Gasteiger partial charge on any atom is 0.0311 e. The number of hydrogen-bond donors (Lipinski definition) is 0. The molecule has 0 radical (unpaired) electrons. The van der Waals surface area contributed by atoms with Gasteiger partial charge in [-0.3, -0.25) is 0 Å². The van der Waals surface area contributed by atoms with Gasteiger partial charge in [-0.05, 0) is 28.7 Å². The molecule has 0 spiro atoms. The summed E-state index contributed by atoms with van der Waals surface area (Å²) in [5.74, 6) is 0.597. The van der Waals surface area contributed by atoms with Crippen molar-refractivity contribution in [2.75, 3.05) is 0 Å². The zero-order valence-electron chi connectivity index (χ0n) is 11.5. The Hall–Kier alpha value is -1.56. The predicted octanol–water partition coefficient (Wildman–Crippen LogP) is 5.04. The second-order valence-electron chi connectivity index (χ2n) is 6.11. The summed E-state index contributed by atoms with van der Waals surface area (Å²) in [6.07, 6.45) is 24.0. The van der Waals surface area contributed by atoms with Crippen LogP contribution in [0.15, 0.2) is 70.9 Å². The molecule has 0 saturated carbocycles. The van der Waals surface area contributed by atoms with Crippen molar-refractivity contribution in [3.63, 3.8) is 0 Å². The van der Waals surface area contributed by atoms with E-state index in [9.17, 15) is 0 Å². The van der Waals surface area contributed by atoms with E-state index in [0.717, 1.165) is 0 Å². The van der Waals surface area contributed by atoms with E-state index in [2.05, 4.69) is 55.5 Å². The summed E-state index contributed by atoms with van der Waals surface area (Å²) in [6, 6.07) is 0. The Bertz CT molecular complexity index is 558. The van der Waals surface area contributed by atoms with E-state index >= 15 is 0 Å². The summed E-state index contributed by atoms with van der Waals surface area (Å²) < 4.78 is 0. The first-order valence-corrected chi connectivity index (χ1v) is 7.57. The molecule has 4 aliphatic rings. The standard InChI is InChI=1S/C19H20/c1-2-3-4-13-19(16-9-10-17(19)12-11-16)18-14-5-6-15(18)8-7-14/h5-12,18H,2-4,13H2,1H3. The molecule has 0 heterocycles. The van der Waals surface area contributed by atoms with Gasteiger partial charge in [-0.1, -0.05) is 74.8 Å². The predicted molar refractivity (Wildman–Crippen MR) is 80.7 cm³/mol. The Kier molecular flexibility index (Phi) is 2.35. The van der Waals surface area contributed by atoms with Gasteiger partial charge >= 0.3 is 0 Å². The average Bonchev–Trinajstić information content (AvgIpc) is 3.18. The summed E-state index contributed by atoms with van der Waals surface area (Å²) in [5, 5.41) is 0. The summed E-state index contributed by atoms with van der Waals surface area (Å²) in [5.41, 5.74) is 6.41. The van der Waals surface area contributed by atoms with Crippen LogP contribution in [-0.2, 0) is 0 Å². The van der Waals surface area contributed by atoms with Gasteiger partial charge in [-0.2, -0.15) is 0 Å². The van der Waals surface area contributed by atoms with Crippen LogP contribution < -0.4 is 0 Å². The first-order valence-electron chi connectivity index (χ1n) is 7.57. The molecule has 0 saturated heterocycles. The minimum atomic E-state index is 0.271. The van der Waals surface area contributed by atoms with E-state index < -0.39 is 0 Å². The highest BCUT2D eigenvalue weighted by molar-refractivity contribution is 5.66. The molecule has 0 heteroatoms. The van der Waals surface area contributed by atoms with Crippen LogP contribution in [0.25, 0.3) is 0 Å². The van der Waals surface area contributed by atoms with E-state index in [1.165, 1.54) is 36.8 Å². The fraction of sp³-hybridized carbons (Fsp3) is 0.368. The third kappa shape index (κ3) is 1.35. The minimum absolute atomic E-state index is 0.271. The van der Waals surface area contributed by atoms with Crippen molar-refractivity contribution in [3.8, 4) is 0 Å². The zero-order valence-corrected chi connectivity index (χ0v) is 11.5. The van der Waals surface area contributed by atoms with Gasteiger partial charge in [0.2, 0.25) is 0 Å². The Labute approximate surface area is 115 Å². The van der Waals surface area contributed by atoms with Crippen LogP contribution in [0.5, 0.6) is 0 Å². The van der Waals surface area contributed by atoms with E-state index in [1.807, 2.05) is 0 Å². The highest BCUT2D eigenvalue weighted by Gasteiger charge is 2.51. The molecular weight excluding hydrogens is 228 g/mol. The lowest BCUT2D eigenvalue weighted by atomic mass is 9.64. The van der Waals surface area contributed by atoms with Crippen LogP contribution >= 0.6 is 0 Å². The molecule has 0 aliphatic heterocycles. The molecule has 4 aliphatic carbocycles. The van der Waals surface area contributed by atoms with Gasteiger partial charge in [0.1, 0.15) is 0 Å². The van der Waals surface area contributed by atoms with Gasteiger partial charge in [0, 0.05) is 11.3 Å². The first-order chi connectivity index (χ1) is 9.36. The number of fused-ring (bicyclic) bond motifs is 5. The monoisotopic (exact) mass is 248 g/mol. The van der Waals surface area contributed by atoms with Crippen molar-refractivity contribution < 1.29 is 0 Å². The first kappa shape index (κ1) is 11.3. The van der Waals surface area contributed by atoms with Crippen molar-refractivity contribution in [2.45, 2.75) is 32.6 Å². The van der Waals surface area contributed by atoms with Crippen molar-refractivity contribution in [1.82, 2.24) is 0 Å². The van der Waals surface area contributed by atoms with Crippen LogP contribution in [0, 0.1) is 11.3 Å². The molecule has 4 rings (SSSR count). The minimum Gasteiger partial charge on any atom is -0.0654 e. The number of unbranched alkanes of at least 4 members (excludes halogenated alkanes) is 2. The average molecular weight is 248 g/mol. The zero-order chi connectivity index (χ0) is 12.9.